The van der Waals surface area contributed by atoms with E-state index in [-0.39, 0.29) is 30.8 Å². The van der Waals surface area contributed by atoms with E-state index in [4.69, 9.17) is 0 Å². The standard InChI is InChI=1S/C21H23F4N5O2/c22-17-7-12(1-4-16(17)21(23,24)25)9-27-20(32)30-6-5-13-10-26-19(29-18(13)11-30)28-14-2-3-15(31)8-14/h1,4,7,10,14-15,31H,2-3,5-6,8-9,11H2,(H,27,32)(H,26,28,29). The van der Waals surface area contributed by atoms with Crippen LogP contribution in [0.4, 0.5) is 28.3 Å². The second-order valence-electron chi connectivity index (χ2n) is 8.12. The molecule has 4 rings (SSSR count). The minimum Gasteiger partial charge on any atom is -0.393 e. The average molecular weight is 453 g/mol. The van der Waals surface area contributed by atoms with Gasteiger partial charge < -0.3 is 20.6 Å². The number of anilines is 1. The zero-order valence-electron chi connectivity index (χ0n) is 17.1. The van der Waals surface area contributed by atoms with Crippen LogP contribution in [0.25, 0.3) is 0 Å². The lowest BCUT2D eigenvalue weighted by Crippen LogP contribution is -2.42. The molecule has 0 spiro atoms. The van der Waals surface area contributed by atoms with Crippen LogP contribution in [0.1, 0.15) is 41.6 Å². The second kappa shape index (κ2) is 8.89. The van der Waals surface area contributed by atoms with E-state index in [9.17, 15) is 27.5 Å². The first-order chi connectivity index (χ1) is 15.2. The SMILES string of the molecule is O=C(NCc1ccc(C(F)(F)F)c(F)c1)N1CCc2cnc(NC3CCC(O)C3)nc2C1. The van der Waals surface area contributed by atoms with Crippen LogP contribution in [-0.4, -0.2) is 44.7 Å². The van der Waals surface area contributed by atoms with E-state index in [1.54, 1.807) is 11.1 Å². The Morgan fingerprint density at radius 3 is 2.78 bits per heavy atom. The third-order valence-electron chi connectivity index (χ3n) is 5.75. The fourth-order valence-electron chi connectivity index (χ4n) is 4.01. The number of hydrogen-bond acceptors (Lipinski definition) is 5. The summed E-state index contributed by atoms with van der Waals surface area (Å²) < 4.78 is 51.7. The predicted octanol–water partition coefficient (Wildman–Crippen LogP) is 3.23. The first kappa shape index (κ1) is 22.3. The van der Waals surface area contributed by atoms with Gasteiger partial charge in [0.1, 0.15) is 5.82 Å². The summed E-state index contributed by atoms with van der Waals surface area (Å²) in [5, 5.41) is 15.5. The third kappa shape index (κ3) is 5.09. The molecule has 0 saturated heterocycles. The van der Waals surface area contributed by atoms with Crippen molar-refractivity contribution in [3.8, 4) is 0 Å². The molecule has 3 N–H and O–H groups in total. The number of amides is 2. The van der Waals surface area contributed by atoms with Crippen LogP contribution in [0.5, 0.6) is 0 Å². The first-order valence-electron chi connectivity index (χ1n) is 10.4. The number of nitrogens with one attached hydrogen (secondary N) is 2. The van der Waals surface area contributed by atoms with Gasteiger partial charge in [-0.25, -0.2) is 19.2 Å². The Kier molecular flexibility index (Phi) is 6.18. The van der Waals surface area contributed by atoms with Gasteiger partial charge in [0.15, 0.2) is 0 Å². The van der Waals surface area contributed by atoms with Gasteiger partial charge in [0, 0.05) is 25.3 Å². The van der Waals surface area contributed by atoms with E-state index >= 15 is 0 Å². The van der Waals surface area contributed by atoms with Crippen LogP contribution >= 0.6 is 0 Å². The summed E-state index contributed by atoms with van der Waals surface area (Å²) in [6.45, 7) is 0.593. The zero-order valence-corrected chi connectivity index (χ0v) is 17.1. The summed E-state index contributed by atoms with van der Waals surface area (Å²) in [5.74, 6) is -0.923. The van der Waals surface area contributed by atoms with E-state index < -0.39 is 23.6 Å². The Bertz CT molecular complexity index is 1000. The molecule has 2 heterocycles. The Balaban J connectivity index is 1.35. The van der Waals surface area contributed by atoms with Crippen molar-refractivity contribution < 1.29 is 27.5 Å². The van der Waals surface area contributed by atoms with Gasteiger partial charge in [-0.05, 0) is 48.9 Å². The van der Waals surface area contributed by atoms with E-state index in [1.807, 2.05) is 0 Å². The van der Waals surface area contributed by atoms with Crippen LogP contribution in [0.15, 0.2) is 24.4 Å². The maximum absolute atomic E-state index is 13.7. The molecule has 7 nitrogen and oxygen atoms in total. The monoisotopic (exact) mass is 453 g/mol. The number of carbonyl (C=O) groups excluding carboxylic acids is 1. The number of aliphatic hydroxyl groups excluding tert-OH is 1. The molecular weight excluding hydrogens is 430 g/mol. The van der Waals surface area contributed by atoms with Gasteiger partial charge in [-0.15, -0.1) is 0 Å². The molecule has 1 aliphatic heterocycles. The molecule has 1 aromatic heterocycles. The van der Waals surface area contributed by atoms with Crippen molar-refractivity contribution in [2.45, 2.75) is 57.1 Å². The number of alkyl halides is 3. The number of fused-ring (bicyclic) bond motifs is 1. The normalized spacial score (nSPS) is 20.7. The van der Waals surface area contributed by atoms with Crippen molar-refractivity contribution in [1.29, 1.82) is 0 Å². The highest BCUT2D eigenvalue weighted by Gasteiger charge is 2.34. The zero-order chi connectivity index (χ0) is 22.9. The second-order valence-corrected chi connectivity index (χ2v) is 8.12. The lowest BCUT2D eigenvalue weighted by molar-refractivity contribution is -0.140. The fourth-order valence-corrected chi connectivity index (χ4v) is 4.01. The Morgan fingerprint density at radius 2 is 2.09 bits per heavy atom. The van der Waals surface area contributed by atoms with Crippen LogP contribution in [-0.2, 0) is 25.7 Å². The highest BCUT2D eigenvalue weighted by atomic mass is 19.4. The molecule has 0 radical (unpaired) electrons. The van der Waals surface area contributed by atoms with Gasteiger partial charge in [0.2, 0.25) is 5.95 Å². The van der Waals surface area contributed by atoms with Gasteiger partial charge in [-0.3, -0.25) is 0 Å². The number of aromatic nitrogens is 2. The molecule has 1 aromatic carbocycles. The van der Waals surface area contributed by atoms with Gasteiger partial charge in [-0.1, -0.05) is 6.07 Å². The van der Waals surface area contributed by atoms with E-state index in [0.29, 0.717) is 37.1 Å². The number of carbonyl (C=O) groups is 1. The lowest BCUT2D eigenvalue weighted by Gasteiger charge is -2.28. The molecular formula is C21H23F4N5O2. The van der Waals surface area contributed by atoms with Crippen molar-refractivity contribution in [3.63, 3.8) is 0 Å². The molecule has 1 aliphatic carbocycles. The summed E-state index contributed by atoms with van der Waals surface area (Å²) in [4.78, 5) is 22.9. The summed E-state index contributed by atoms with van der Waals surface area (Å²) in [6.07, 6.45) is -0.571. The van der Waals surface area contributed by atoms with Crippen LogP contribution in [0.3, 0.4) is 0 Å². The quantitative estimate of drug-likeness (QED) is 0.619. The van der Waals surface area contributed by atoms with Crippen LogP contribution < -0.4 is 10.6 Å². The van der Waals surface area contributed by atoms with Crippen LogP contribution in [0, 0.1) is 5.82 Å². The molecule has 2 aromatic rings. The third-order valence-corrected chi connectivity index (χ3v) is 5.75. The molecule has 2 aliphatic rings. The number of hydrogen-bond donors (Lipinski definition) is 3. The number of urea groups is 1. The van der Waals surface area contributed by atoms with Crippen molar-refractivity contribution >= 4 is 12.0 Å². The highest BCUT2D eigenvalue weighted by molar-refractivity contribution is 5.74. The summed E-state index contributed by atoms with van der Waals surface area (Å²) in [6, 6.07) is 2.28. The fraction of sp³-hybridized carbons (Fsp3) is 0.476. The van der Waals surface area contributed by atoms with Crippen molar-refractivity contribution in [2.24, 2.45) is 0 Å². The Labute approximate surface area is 181 Å². The summed E-state index contributed by atoms with van der Waals surface area (Å²) in [5.41, 5.74) is 0.545. The van der Waals surface area contributed by atoms with Crippen molar-refractivity contribution in [1.82, 2.24) is 20.2 Å². The molecule has 2 atom stereocenters. The Morgan fingerprint density at radius 1 is 1.28 bits per heavy atom. The molecule has 11 heteroatoms. The minimum atomic E-state index is -4.76. The lowest BCUT2D eigenvalue weighted by atomic mass is 10.1. The minimum absolute atomic E-state index is 0.0994. The highest BCUT2D eigenvalue weighted by Crippen LogP contribution is 2.31. The number of rotatable bonds is 4. The van der Waals surface area contributed by atoms with Gasteiger partial charge in [0.25, 0.3) is 0 Å². The molecule has 2 unspecified atom stereocenters. The average Bonchev–Trinajstić information content (AvgIpc) is 3.15. The number of benzene rings is 1. The molecule has 1 saturated carbocycles. The van der Waals surface area contributed by atoms with E-state index in [1.165, 1.54) is 0 Å². The van der Waals surface area contributed by atoms with Gasteiger partial charge >= 0.3 is 12.2 Å². The number of halogens is 4. The van der Waals surface area contributed by atoms with Crippen molar-refractivity contribution in [2.75, 3.05) is 11.9 Å². The smallest absolute Gasteiger partial charge is 0.393 e. The summed E-state index contributed by atoms with van der Waals surface area (Å²) in [7, 11) is 0. The largest absolute Gasteiger partial charge is 0.419 e. The van der Waals surface area contributed by atoms with E-state index in [0.717, 1.165) is 30.5 Å². The number of aliphatic hydroxyl groups is 1. The molecule has 2 amide bonds. The first-order valence-corrected chi connectivity index (χ1v) is 10.4. The molecule has 1 fully saturated rings. The van der Waals surface area contributed by atoms with Crippen molar-refractivity contribution in [3.05, 3.63) is 52.6 Å². The molecule has 172 valence electrons. The number of nitrogens with zero attached hydrogens (tertiary/aromatic N) is 3. The summed E-state index contributed by atoms with van der Waals surface area (Å²) >= 11 is 0. The maximum atomic E-state index is 13.7. The van der Waals surface area contributed by atoms with E-state index in [2.05, 4.69) is 20.6 Å². The van der Waals surface area contributed by atoms with Gasteiger partial charge in [0.05, 0.1) is 23.9 Å². The van der Waals surface area contributed by atoms with Crippen LogP contribution in [0.2, 0.25) is 0 Å². The maximum Gasteiger partial charge on any atom is 0.419 e. The molecule has 32 heavy (non-hydrogen) atoms. The van der Waals surface area contributed by atoms with Gasteiger partial charge in [-0.2, -0.15) is 13.2 Å². The molecule has 0 bridgehead atoms. The predicted molar refractivity (Wildman–Crippen MR) is 107 cm³/mol. The topological polar surface area (TPSA) is 90.4 Å². The Hall–Kier alpha value is -2.95.